The van der Waals surface area contributed by atoms with Crippen LogP contribution in [0.4, 0.5) is 0 Å². The molecule has 142 valence electrons. The summed E-state index contributed by atoms with van der Waals surface area (Å²) >= 11 is 0. The van der Waals surface area contributed by atoms with Gasteiger partial charge in [0.15, 0.2) is 5.76 Å². The normalized spacial score (nSPS) is 17.4. The molecule has 1 amide bonds. The summed E-state index contributed by atoms with van der Waals surface area (Å²) in [6.45, 7) is 6.38. The third-order valence-electron chi connectivity index (χ3n) is 5.50. The van der Waals surface area contributed by atoms with Crippen LogP contribution in [-0.2, 0) is 6.54 Å². The molecule has 27 heavy (non-hydrogen) atoms. The number of furan rings is 1. The number of carbonyl (C=O) groups is 1. The third kappa shape index (κ3) is 3.09. The van der Waals surface area contributed by atoms with E-state index in [9.17, 15) is 4.79 Å². The number of methoxy groups -OCH3 is 1. The van der Waals surface area contributed by atoms with Crippen LogP contribution in [0.3, 0.4) is 0 Å². The number of aryl methyl sites for hydroxylation is 2. The molecule has 3 heterocycles. The highest BCUT2D eigenvalue weighted by molar-refractivity contribution is 5.99. The van der Waals surface area contributed by atoms with Gasteiger partial charge in [0.1, 0.15) is 17.2 Å². The van der Waals surface area contributed by atoms with E-state index in [-0.39, 0.29) is 11.8 Å². The number of carbonyl (C=O) groups excluding carboxylic acids is 1. The van der Waals surface area contributed by atoms with Crippen LogP contribution < -0.4 is 4.74 Å². The van der Waals surface area contributed by atoms with Crippen molar-refractivity contribution in [3.63, 3.8) is 0 Å². The van der Waals surface area contributed by atoms with Gasteiger partial charge in [0.2, 0.25) is 0 Å². The lowest BCUT2D eigenvalue weighted by Gasteiger charge is -2.32. The van der Waals surface area contributed by atoms with E-state index >= 15 is 0 Å². The van der Waals surface area contributed by atoms with Gasteiger partial charge in [0.25, 0.3) is 5.91 Å². The zero-order chi connectivity index (χ0) is 19.0. The van der Waals surface area contributed by atoms with Crippen molar-refractivity contribution in [1.29, 1.82) is 0 Å². The van der Waals surface area contributed by atoms with Crippen LogP contribution in [0.5, 0.6) is 5.75 Å². The Balaban J connectivity index is 1.60. The molecule has 0 radical (unpaired) electrons. The van der Waals surface area contributed by atoms with E-state index in [1.54, 1.807) is 7.11 Å². The first-order valence-electron chi connectivity index (χ1n) is 9.49. The van der Waals surface area contributed by atoms with Crippen LogP contribution in [0.1, 0.15) is 47.6 Å². The number of ether oxygens (including phenoxy) is 1. The van der Waals surface area contributed by atoms with Gasteiger partial charge >= 0.3 is 0 Å². The molecule has 6 heteroatoms. The Morgan fingerprint density at radius 2 is 2.26 bits per heavy atom. The number of likely N-dealkylation sites (tertiary alicyclic amines) is 1. The van der Waals surface area contributed by atoms with E-state index in [0.717, 1.165) is 48.5 Å². The van der Waals surface area contributed by atoms with Crippen molar-refractivity contribution in [2.75, 3.05) is 20.2 Å². The lowest BCUT2D eigenvalue weighted by molar-refractivity contribution is 0.0672. The lowest BCUT2D eigenvalue weighted by Crippen LogP contribution is -2.39. The van der Waals surface area contributed by atoms with Gasteiger partial charge in [0.05, 0.1) is 7.11 Å². The molecule has 0 saturated carbocycles. The summed E-state index contributed by atoms with van der Waals surface area (Å²) in [5, 5.41) is 0.953. The maximum absolute atomic E-state index is 13.2. The Hall–Kier alpha value is -2.76. The van der Waals surface area contributed by atoms with Gasteiger partial charge < -0.3 is 18.6 Å². The second-order valence-electron chi connectivity index (χ2n) is 7.08. The minimum atomic E-state index is -0.0398. The number of amides is 1. The second-order valence-corrected chi connectivity index (χ2v) is 7.08. The van der Waals surface area contributed by atoms with E-state index in [0.29, 0.717) is 17.9 Å². The van der Waals surface area contributed by atoms with Gasteiger partial charge in [-0.3, -0.25) is 4.79 Å². The molecule has 1 atom stereocenters. The molecule has 6 nitrogen and oxygen atoms in total. The SMILES string of the molecule is CCn1ccnc1C1CCCN(C(=O)c2oc3cc(OC)ccc3c2C)C1. The molecule has 1 saturated heterocycles. The lowest BCUT2D eigenvalue weighted by atomic mass is 9.96. The quantitative estimate of drug-likeness (QED) is 0.700. The van der Waals surface area contributed by atoms with Gasteiger partial charge in [-0.1, -0.05) is 0 Å². The first-order valence-corrected chi connectivity index (χ1v) is 9.49. The number of fused-ring (bicyclic) bond motifs is 1. The molecular weight excluding hydrogens is 342 g/mol. The molecule has 3 aromatic rings. The Bertz CT molecular complexity index is 972. The molecule has 0 aliphatic carbocycles. The first kappa shape index (κ1) is 17.6. The van der Waals surface area contributed by atoms with Crippen LogP contribution >= 0.6 is 0 Å². The number of aromatic nitrogens is 2. The van der Waals surface area contributed by atoms with Gasteiger partial charge in [-0.05, 0) is 38.8 Å². The molecule has 2 aromatic heterocycles. The zero-order valence-corrected chi connectivity index (χ0v) is 16.1. The Morgan fingerprint density at radius 3 is 3.04 bits per heavy atom. The Morgan fingerprint density at radius 1 is 1.41 bits per heavy atom. The molecule has 1 unspecified atom stereocenters. The van der Waals surface area contributed by atoms with Crippen molar-refractivity contribution >= 4 is 16.9 Å². The van der Waals surface area contributed by atoms with Gasteiger partial charge in [-0.15, -0.1) is 0 Å². The fourth-order valence-electron chi connectivity index (χ4n) is 4.00. The molecule has 1 aliphatic heterocycles. The van der Waals surface area contributed by atoms with Gasteiger partial charge in [-0.2, -0.15) is 0 Å². The molecule has 0 bridgehead atoms. The van der Waals surface area contributed by atoms with Crippen LogP contribution in [0.2, 0.25) is 0 Å². The topological polar surface area (TPSA) is 60.5 Å². The highest BCUT2D eigenvalue weighted by atomic mass is 16.5. The number of benzene rings is 1. The zero-order valence-electron chi connectivity index (χ0n) is 16.1. The van der Waals surface area contributed by atoms with Gasteiger partial charge in [0, 0.05) is 55.0 Å². The predicted molar refractivity (Wildman–Crippen MR) is 103 cm³/mol. The summed E-state index contributed by atoms with van der Waals surface area (Å²) < 4.78 is 13.4. The first-order chi connectivity index (χ1) is 13.1. The number of hydrogen-bond donors (Lipinski definition) is 0. The minimum Gasteiger partial charge on any atom is -0.497 e. The van der Waals surface area contributed by atoms with Crippen molar-refractivity contribution in [3.8, 4) is 5.75 Å². The smallest absolute Gasteiger partial charge is 0.289 e. The van der Waals surface area contributed by atoms with Crippen molar-refractivity contribution < 1.29 is 13.9 Å². The number of imidazole rings is 1. The summed E-state index contributed by atoms with van der Waals surface area (Å²) in [6.07, 6.45) is 5.88. The van der Waals surface area contributed by atoms with Crippen molar-refractivity contribution in [3.05, 3.63) is 47.7 Å². The van der Waals surface area contributed by atoms with Crippen LogP contribution in [0.15, 0.2) is 35.0 Å². The van der Waals surface area contributed by atoms with E-state index in [1.165, 1.54) is 0 Å². The molecule has 0 spiro atoms. The number of rotatable bonds is 4. The largest absolute Gasteiger partial charge is 0.497 e. The number of nitrogens with zero attached hydrogens (tertiary/aromatic N) is 3. The van der Waals surface area contributed by atoms with Gasteiger partial charge in [-0.25, -0.2) is 4.98 Å². The highest BCUT2D eigenvalue weighted by Gasteiger charge is 2.30. The van der Waals surface area contributed by atoms with E-state index < -0.39 is 0 Å². The van der Waals surface area contributed by atoms with E-state index in [4.69, 9.17) is 9.15 Å². The van der Waals surface area contributed by atoms with E-state index in [1.807, 2.05) is 42.4 Å². The Kier molecular flexibility index (Phi) is 4.64. The average molecular weight is 367 g/mol. The predicted octanol–water partition coefficient (Wildman–Crippen LogP) is 3.99. The minimum absolute atomic E-state index is 0.0398. The molecule has 4 rings (SSSR count). The number of piperidine rings is 1. The second kappa shape index (κ2) is 7.10. The fourth-order valence-corrected chi connectivity index (χ4v) is 4.00. The maximum atomic E-state index is 13.2. The summed E-state index contributed by atoms with van der Waals surface area (Å²) in [5.74, 6) is 2.45. The van der Waals surface area contributed by atoms with Crippen LogP contribution in [0, 0.1) is 6.92 Å². The fraction of sp³-hybridized carbons (Fsp3) is 0.429. The van der Waals surface area contributed by atoms with Crippen molar-refractivity contribution in [2.45, 2.75) is 39.2 Å². The third-order valence-corrected chi connectivity index (χ3v) is 5.50. The molecule has 1 aromatic carbocycles. The molecular formula is C21H25N3O3. The van der Waals surface area contributed by atoms with Crippen LogP contribution in [-0.4, -0.2) is 40.6 Å². The standard InChI is InChI=1S/C21H25N3O3/c1-4-23-11-9-22-20(23)15-6-5-10-24(13-15)21(25)19-14(2)17-8-7-16(26-3)12-18(17)27-19/h7-9,11-12,15H,4-6,10,13H2,1-3H3. The van der Waals surface area contributed by atoms with Crippen LogP contribution in [0.25, 0.3) is 11.0 Å². The summed E-state index contributed by atoms with van der Waals surface area (Å²) in [4.78, 5) is 19.6. The van der Waals surface area contributed by atoms with Crippen molar-refractivity contribution in [2.24, 2.45) is 0 Å². The maximum Gasteiger partial charge on any atom is 0.289 e. The molecule has 1 fully saturated rings. The molecule has 0 N–H and O–H groups in total. The summed E-state index contributed by atoms with van der Waals surface area (Å²) in [7, 11) is 1.62. The Labute approximate surface area is 158 Å². The molecule has 1 aliphatic rings. The monoisotopic (exact) mass is 367 g/mol. The van der Waals surface area contributed by atoms with Crippen molar-refractivity contribution in [1.82, 2.24) is 14.5 Å². The number of hydrogen-bond acceptors (Lipinski definition) is 4. The average Bonchev–Trinajstić information content (AvgIpc) is 3.31. The van der Waals surface area contributed by atoms with E-state index in [2.05, 4.69) is 16.5 Å². The summed E-state index contributed by atoms with van der Waals surface area (Å²) in [5.41, 5.74) is 1.57. The summed E-state index contributed by atoms with van der Waals surface area (Å²) in [6, 6.07) is 5.66. The highest BCUT2D eigenvalue weighted by Crippen LogP contribution is 2.31.